The summed E-state index contributed by atoms with van der Waals surface area (Å²) in [5.74, 6) is 0.616. The van der Waals surface area contributed by atoms with Gasteiger partial charge in [-0.25, -0.2) is 0 Å². The average Bonchev–Trinajstić information content (AvgIpc) is 2.24. The third-order valence-corrected chi connectivity index (χ3v) is 3.89. The summed E-state index contributed by atoms with van der Waals surface area (Å²) in [5.41, 5.74) is 7.47. The lowest BCUT2D eigenvalue weighted by Gasteiger charge is -2.29. The number of rotatable bonds is 2. The molecule has 15 heavy (non-hydrogen) atoms. The van der Waals surface area contributed by atoms with Crippen LogP contribution < -0.4 is 11.1 Å². The van der Waals surface area contributed by atoms with Crippen LogP contribution in [0.3, 0.4) is 0 Å². The van der Waals surface area contributed by atoms with Crippen molar-refractivity contribution in [2.24, 2.45) is 11.7 Å². The molecule has 1 aliphatic rings. The van der Waals surface area contributed by atoms with Crippen molar-refractivity contribution in [3.63, 3.8) is 0 Å². The van der Waals surface area contributed by atoms with Crippen molar-refractivity contribution in [1.82, 2.24) is 5.32 Å². The van der Waals surface area contributed by atoms with E-state index in [1.807, 2.05) is 0 Å². The van der Waals surface area contributed by atoms with Gasteiger partial charge in [0.25, 0.3) is 0 Å². The van der Waals surface area contributed by atoms with Crippen LogP contribution in [0.15, 0.2) is 28.7 Å². The van der Waals surface area contributed by atoms with Crippen LogP contribution in [-0.2, 0) is 6.42 Å². The molecule has 1 fully saturated rings. The van der Waals surface area contributed by atoms with E-state index >= 15 is 0 Å². The lowest BCUT2D eigenvalue weighted by atomic mass is 9.87. The monoisotopic (exact) mass is 268 g/mol. The molecule has 2 nitrogen and oxygen atoms in total. The van der Waals surface area contributed by atoms with E-state index < -0.39 is 0 Å². The molecule has 0 radical (unpaired) electrons. The first-order valence-corrected chi connectivity index (χ1v) is 6.26. The van der Waals surface area contributed by atoms with Crippen molar-refractivity contribution in [1.29, 1.82) is 0 Å². The van der Waals surface area contributed by atoms with Crippen LogP contribution >= 0.6 is 15.9 Å². The highest BCUT2D eigenvalue weighted by Gasteiger charge is 2.22. The number of nitrogens with two attached hydrogens (primary N) is 1. The van der Waals surface area contributed by atoms with Gasteiger partial charge >= 0.3 is 0 Å². The van der Waals surface area contributed by atoms with Gasteiger partial charge in [0.1, 0.15) is 0 Å². The number of nitrogens with one attached hydrogen (secondary N) is 1. The van der Waals surface area contributed by atoms with Crippen LogP contribution in [0.2, 0.25) is 0 Å². The Balaban J connectivity index is 2.04. The minimum absolute atomic E-state index is 0.297. The molecule has 2 rings (SSSR count). The smallest absolute Gasteiger partial charge is 0.0207 e. The van der Waals surface area contributed by atoms with E-state index in [0.717, 1.165) is 19.5 Å². The van der Waals surface area contributed by atoms with Crippen molar-refractivity contribution >= 4 is 15.9 Å². The van der Waals surface area contributed by atoms with Gasteiger partial charge in [-0.15, -0.1) is 0 Å². The number of benzene rings is 1. The van der Waals surface area contributed by atoms with E-state index in [-0.39, 0.29) is 0 Å². The average molecular weight is 269 g/mol. The van der Waals surface area contributed by atoms with Gasteiger partial charge in [-0.3, -0.25) is 0 Å². The third-order valence-electron chi connectivity index (χ3n) is 3.12. The zero-order valence-electron chi connectivity index (χ0n) is 8.75. The fourth-order valence-electron chi connectivity index (χ4n) is 2.14. The molecule has 0 aliphatic carbocycles. The fraction of sp³-hybridized carbons (Fsp3) is 0.500. The standard InChI is InChI=1S/C12H17BrN2/c13-11-4-2-1-3-9(11)7-10-5-6-15-8-12(10)14/h1-4,10,12,15H,5-8,14H2. The summed E-state index contributed by atoms with van der Waals surface area (Å²) >= 11 is 3.59. The topological polar surface area (TPSA) is 38.0 Å². The Morgan fingerprint density at radius 1 is 1.40 bits per heavy atom. The van der Waals surface area contributed by atoms with Crippen molar-refractivity contribution < 1.29 is 0 Å². The maximum Gasteiger partial charge on any atom is 0.0207 e. The molecule has 3 heteroatoms. The minimum Gasteiger partial charge on any atom is -0.326 e. The predicted octanol–water partition coefficient (Wildman–Crippen LogP) is 1.93. The summed E-state index contributed by atoms with van der Waals surface area (Å²) < 4.78 is 1.20. The molecule has 0 amide bonds. The molecule has 1 saturated heterocycles. The molecule has 2 unspecified atom stereocenters. The lowest BCUT2D eigenvalue weighted by Crippen LogP contribution is -2.46. The van der Waals surface area contributed by atoms with E-state index in [4.69, 9.17) is 5.73 Å². The third kappa shape index (κ3) is 2.80. The molecular weight excluding hydrogens is 252 g/mol. The Morgan fingerprint density at radius 2 is 2.20 bits per heavy atom. The van der Waals surface area contributed by atoms with Crippen molar-refractivity contribution in [3.05, 3.63) is 34.3 Å². The summed E-state index contributed by atoms with van der Waals surface area (Å²) in [4.78, 5) is 0. The molecule has 0 aromatic heterocycles. The second kappa shape index (κ2) is 5.10. The van der Waals surface area contributed by atoms with Crippen LogP contribution in [0, 0.1) is 5.92 Å². The molecular formula is C12H17BrN2. The SMILES string of the molecule is NC1CNCCC1Cc1ccccc1Br. The Hall–Kier alpha value is -0.380. The molecule has 1 aromatic carbocycles. The van der Waals surface area contributed by atoms with Crippen LogP contribution in [0.4, 0.5) is 0 Å². The van der Waals surface area contributed by atoms with E-state index in [1.54, 1.807) is 0 Å². The van der Waals surface area contributed by atoms with Gasteiger partial charge in [0.05, 0.1) is 0 Å². The van der Waals surface area contributed by atoms with Gasteiger partial charge in [-0.2, -0.15) is 0 Å². The van der Waals surface area contributed by atoms with Crippen LogP contribution in [0.1, 0.15) is 12.0 Å². The van der Waals surface area contributed by atoms with Gasteiger partial charge in [0, 0.05) is 17.1 Å². The molecule has 3 N–H and O–H groups in total. The molecule has 1 heterocycles. The summed E-state index contributed by atoms with van der Waals surface area (Å²) in [6, 6.07) is 8.72. The van der Waals surface area contributed by atoms with Gasteiger partial charge in [-0.1, -0.05) is 34.1 Å². The van der Waals surface area contributed by atoms with Crippen LogP contribution in [-0.4, -0.2) is 19.1 Å². The second-order valence-corrected chi connectivity index (χ2v) is 5.07. The number of halogens is 1. The van der Waals surface area contributed by atoms with Crippen molar-refractivity contribution in [2.45, 2.75) is 18.9 Å². The minimum atomic E-state index is 0.297. The van der Waals surface area contributed by atoms with Gasteiger partial charge < -0.3 is 11.1 Å². The first kappa shape index (κ1) is 11.1. The van der Waals surface area contributed by atoms with Gasteiger partial charge in [-0.05, 0) is 36.9 Å². The van der Waals surface area contributed by atoms with Gasteiger partial charge in [0.15, 0.2) is 0 Å². The predicted molar refractivity (Wildman–Crippen MR) is 66.8 cm³/mol. The summed E-state index contributed by atoms with van der Waals surface area (Å²) in [6.07, 6.45) is 2.27. The molecule has 0 spiro atoms. The molecule has 0 saturated carbocycles. The molecule has 82 valence electrons. The highest BCUT2D eigenvalue weighted by atomic mass is 79.9. The van der Waals surface area contributed by atoms with E-state index in [9.17, 15) is 0 Å². The Bertz CT molecular complexity index is 327. The first-order chi connectivity index (χ1) is 7.27. The second-order valence-electron chi connectivity index (χ2n) is 4.21. The zero-order valence-corrected chi connectivity index (χ0v) is 10.3. The lowest BCUT2D eigenvalue weighted by molar-refractivity contribution is 0.322. The van der Waals surface area contributed by atoms with E-state index in [0.29, 0.717) is 12.0 Å². The van der Waals surface area contributed by atoms with E-state index in [1.165, 1.54) is 16.5 Å². The molecule has 2 atom stereocenters. The zero-order chi connectivity index (χ0) is 10.7. The van der Waals surface area contributed by atoms with Crippen molar-refractivity contribution in [3.8, 4) is 0 Å². The Kier molecular flexibility index (Phi) is 3.78. The molecule has 1 aromatic rings. The maximum atomic E-state index is 6.10. The molecule has 0 bridgehead atoms. The van der Waals surface area contributed by atoms with E-state index in [2.05, 4.69) is 45.5 Å². The highest BCUT2D eigenvalue weighted by molar-refractivity contribution is 9.10. The molecule has 1 aliphatic heterocycles. The number of piperidine rings is 1. The van der Waals surface area contributed by atoms with Crippen LogP contribution in [0.25, 0.3) is 0 Å². The summed E-state index contributed by atoms with van der Waals surface area (Å²) in [6.45, 7) is 2.05. The first-order valence-electron chi connectivity index (χ1n) is 5.47. The number of hydrogen-bond acceptors (Lipinski definition) is 2. The normalized spacial score (nSPS) is 26.5. The Morgan fingerprint density at radius 3 is 2.93 bits per heavy atom. The summed E-state index contributed by atoms with van der Waals surface area (Å²) in [5, 5.41) is 3.33. The van der Waals surface area contributed by atoms with Crippen molar-refractivity contribution in [2.75, 3.05) is 13.1 Å². The maximum absolute atomic E-state index is 6.10. The quantitative estimate of drug-likeness (QED) is 0.861. The number of hydrogen-bond donors (Lipinski definition) is 2. The summed E-state index contributed by atoms with van der Waals surface area (Å²) in [7, 11) is 0. The highest BCUT2D eigenvalue weighted by Crippen LogP contribution is 2.23. The van der Waals surface area contributed by atoms with Crippen LogP contribution in [0.5, 0.6) is 0 Å². The fourth-order valence-corrected chi connectivity index (χ4v) is 2.58. The largest absolute Gasteiger partial charge is 0.326 e. The van der Waals surface area contributed by atoms with Gasteiger partial charge in [0.2, 0.25) is 0 Å². The Labute approximate surface area is 99.4 Å².